The third-order valence-electron chi connectivity index (χ3n) is 11.2. The van der Waals surface area contributed by atoms with E-state index >= 15 is 0 Å². The summed E-state index contributed by atoms with van der Waals surface area (Å²) in [6, 6.07) is 0. The van der Waals surface area contributed by atoms with Gasteiger partial charge >= 0.3 is 17.9 Å². The zero-order valence-corrected chi connectivity index (χ0v) is 41.3. The summed E-state index contributed by atoms with van der Waals surface area (Å²) in [7, 11) is 0. The number of unbranched alkanes of at least 4 members (excludes halogenated alkanes) is 25. The van der Waals surface area contributed by atoms with E-state index in [-0.39, 0.29) is 37.5 Å². The first-order chi connectivity index (χ1) is 31.0. The summed E-state index contributed by atoms with van der Waals surface area (Å²) < 4.78 is 16.7. The lowest BCUT2D eigenvalue weighted by Gasteiger charge is -2.18. The molecule has 0 radical (unpaired) electrons. The van der Waals surface area contributed by atoms with Crippen molar-refractivity contribution in [3.05, 3.63) is 72.9 Å². The molecular weight excluding hydrogens is 781 g/mol. The van der Waals surface area contributed by atoms with Gasteiger partial charge in [0.05, 0.1) is 0 Å². The molecular formula is C57H98O6. The Morgan fingerprint density at radius 1 is 0.333 bits per heavy atom. The quantitative estimate of drug-likeness (QED) is 0.0199. The summed E-state index contributed by atoms with van der Waals surface area (Å²) in [5, 5.41) is 0. The number of carbonyl (C=O) groups excluding carboxylic acids is 3. The number of esters is 3. The lowest BCUT2D eigenvalue weighted by molar-refractivity contribution is -0.166. The van der Waals surface area contributed by atoms with Crippen molar-refractivity contribution < 1.29 is 28.6 Å². The van der Waals surface area contributed by atoms with Gasteiger partial charge in [0.15, 0.2) is 6.10 Å². The molecule has 0 heterocycles. The highest BCUT2D eigenvalue weighted by Gasteiger charge is 2.19. The van der Waals surface area contributed by atoms with E-state index in [0.717, 1.165) is 77.0 Å². The molecule has 1 unspecified atom stereocenters. The molecule has 0 aromatic rings. The van der Waals surface area contributed by atoms with Crippen LogP contribution in [0, 0.1) is 0 Å². The highest BCUT2D eigenvalue weighted by atomic mass is 16.6. The van der Waals surface area contributed by atoms with Crippen LogP contribution in [0.4, 0.5) is 0 Å². The Balaban J connectivity index is 4.46. The molecule has 0 N–H and O–H groups in total. The van der Waals surface area contributed by atoms with Crippen molar-refractivity contribution in [2.45, 2.75) is 258 Å². The summed E-state index contributed by atoms with van der Waals surface area (Å²) in [6.07, 6.45) is 64.6. The average Bonchev–Trinajstić information content (AvgIpc) is 3.28. The van der Waals surface area contributed by atoms with Crippen molar-refractivity contribution in [2.24, 2.45) is 0 Å². The van der Waals surface area contributed by atoms with E-state index < -0.39 is 6.10 Å². The third-order valence-corrected chi connectivity index (χ3v) is 11.2. The Kier molecular flexibility index (Phi) is 48.9. The second-order valence-electron chi connectivity index (χ2n) is 17.5. The highest BCUT2D eigenvalue weighted by molar-refractivity contribution is 5.71. The van der Waals surface area contributed by atoms with Crippen molar-refractivity contribution in [3.8, 4) is 0 Å². The minimum absolute atomic E-state index is 0.102. The SMILES string of the molecule is CCCCC/C=C\C=C/CCCCCCCCC(=O)OC(COC(=O)CC/C=C\C/C=C\CCCCCCCC)COC(=O)CCCCCCCCC/C=C\C/C=C\CCCCC. The van der Waals surface area contributed by atoms with Gasteiger partial charge in [0, 0.05) is 19.3 Å². The Morgan fingerprint density at radius 2 is 0.651 bits per heavy atom. The molecule has 0 spiro atoms. The van der Waals surface area contributed by atoms with Crippen molar-refractivity contribution in [2.75, 3.05) is 13.2 Å². The fourth-order valence-corrected chi connectivity index (χ4v) is 7.16. The first kappa shape index (κ1) is 59.9. The lowest BCUT2D eigenvalue weighted by atomic mass is 10.1. The normalized spacial score (nSPS) is 12.6. The van der Waals surface area contributed by atoms with Crippen molar-refractivity contribution in [1.29, 1.82) is 0 Å². The zero-order valence-electron chi connectivity index (χ0n) is 41.3. The van der Waals surface area contributed by atoms with E-state index in [0.29, 0.717) is 19.3 Å². The summed E-state index contributed by atoms with van der Waals surface area (Å²) >= 11 is 0. The molecule has 0 aliphatic heterocycles. The largest absolute Gasteiger partial charge is 0.462 e. The third kappa shape index (κ3) is 49.7. The van der Waals surface area contributed by atoms with E-state index in [9.17, 15) is 14.4 Å². The Labute approximate surface area is 389 Å². The van der Waals surface area contributed by atoms with Crippen LogP contribution < -0.4 is 0 Å². The molecule has 0 aliphatic carbocycles. The molecule has 63 heavy (non-hydrogen) atoms. The minimum atomic E-state index is -0.807. The van der Waals surface area contributed by atoms with E-state index in [4.69, 9.17) is 14.2 Å². The van der Waals surface area contributed by atoms with Gasteiger partial charge in [-0.3, -0.25) is 14.4 Å². The number of allylic oxidation sites excluding steroid dienone is 12. The van der Waals surface area contributed by atoms with Gasteiger partial charge in [-0.2, -0.15) is 0 Å². The Hall–Kier alpha value is -3.15. The van der Waals surface area contributed by atoms with Crippen LogP contribution in [0.2, 0.25) is 0 Å². The molecule has 0 saturated heterocycles. The van der Waals surface area contributed by atoms with Gasteiger partial charge in [0.1, 0.15) is 13.2 Å². The Morgan fingerprint density at radius 3 is 1.10 bits per heavy atom. The molecule has 0 bridgehead atoms. The maximum atomic E-state index is 12.8. The van der Waals surface area contributed by atoms with Gasteiger partial charge in [-0.15, -0.1) is 0 Å². The van der Waals surface area contributed by atoms with Crippen LogP contribution in [0.3, 0.4) is 0 Å². The standard InChI is InChI=1S/C57H98O6/c1-4-7-10-13-16-19-22-25-27-28-30-32-35-38-41-44-47-50-56(59)62-53-54(52-61-55(58)49-46-43-40-37-34-31-24-21-18-15-12-9-6-3)63-57(60)51-48-45-42-39-36-33-29-26-23-20-17-14-11-8-5-2/h16-17,19-20,23,25-27,31,34,40,43,54H,4-15,18,21-22,24,28-30,32-33,35-39,41-42,44-53H2,1-3H3/b19-16-,20-17-,26-23-,27-25-,34-31-,43-40-. The summed E-state index contributed by atoms with van der Waals surface area (Å²) in [5.74, 6) is -0.989. The van der Waals surface area contributed by atoms with Crippen molar-refractivity contribution in [1.82, 2.24) is 0 Å². The van der Waals surface area contributed by atoms with Gasteiger partial charge in [0.25, 0.3) is 0 Å². The monoisotopic (exact) mass is 879 g/mol. The molecule has 1 atom stereocenters. The van der Waals surface area contributed by atoms with Crippen LogP contribution in [0.1, 0.15) is 252 Å². The molecule has 0 rings (SSSR count). The van der Waals surface area contributed by atoms with Crippen LogP contribution in [0.15, 0.2) is 72.9 Å². The fraction of sp³-hybridized carbons (Fsp3) is 0.737. The molecule has 0 aliphatic rings. The summed E-state index contributed by atoms with van der Waals surface area (Å²) in [6.45, 7) is 6.51. The first-order valence-electron chi connectivity index (χ1n) is 26.5. The van der Waals surface area contributed by atoms with E-state index in [2.05, 4.69) is 87.6 Å². The second kappa shape index (κ2) is 51.5. The van der Waals surface area contributed by atoms with Crippen LogP contribution in [0.25, 0.3) is 0 Å². The number of hydrogen-bond donors (Lipinski definition) is 0. The van der Waals surface area contributed by atoms with E-state index in [1.807, 2.05) is 6.08 Å². The van der Waals surface area contributed by atoms with Crippen LogP contribution in [-0.2, 0) is 28.6 Å². The van der Waals surface area contributed by atoms with Crippen molar-refractivity contribution in [3.63, 3.8) is 0 Å². The maximum Gasteiger partial charge on any atom is 0.306 e. The van der Waals surface area contributed by atoms with Crippen molar-refractivity contribution >= 4 is 17.9 Å². The fourth-order valence-electron chi connectivity index (χ4n) is 7.16. The number of rotatable bonds is 47. The van der Waals surface area contributed by atoms with Crippen LogP contribution in [-0.4, -0.2) is 37.2 Å². The molecule has 0 amide bonds. The smallest absolute Gasteiger partial charge is 0.306 e. The molecule has 0 aromatic heterocycles. The molecule has 6 nitrogen and oxygen atoms in total. The van der Waals surface area contributed by atoms with Gasteiger partial charge in [0.2, 0.25) is 0 Å². The molecule has 0 saturated carbocycles. The number of carbonyl (C=O) groups is 3. The van der Waals surface area contributed by atoms with Crippen LogP contribution in [0.5, 0.6) is 0 Å². The number of ether oxygens (including phenoxy) is 3. The topological polar surface area (TPSA) is 78.9 Å². The first-order valence-corrected chi connectivity index (χ1v) is 26.5. The minimum Gasteiger partial charge on any atom is -0.462 e. The second-order valence-corrected chi connectivity index (χ2v) is 17.5. The maximum absolute atomic E-state index is 12.8. The molecule has 0 fully saturated rings. The molecule has 362 valence electrons. The Bertz CT molecular complexity index is 1190. The lowest BCUT2D eigenvalue weighted by Crippen LogP contribution is -2.30. The summed E-state index contributed by atoms with van der Waals surface area (Å²) in [5.41, 5.74) is 0. The predicted molar refractivity (Wildman–Crippen MR) is 270 cm³/mol. The zero-order chi connectivity index (χ0) is 45.8. The van der Waals surface area contributed by atoms with Gasteiger partial charge in [-0.1, -0.05) is 209 Å². The van der Waals surface area contributed by atoms with Gasteiger partial charge < -0.3 is 14.2 Å². The van der Waals surface area contributed by atoms with Crippen LogP contribution >= 0.6 is 0 Å². The van der Waals surface area contributed by atoms with Gasteiger partial charge in [-0.05, 0) is 96.3 Å². The molecule has 0 aromatic carbocycles. The van der Waals surface area contributed by atoms with E-state index in [1.165, 1.54) is 128 Å². The van der Waals surface area contributed by atoms with Gasteiger partial charge in [-0.25, -0.2) is 0 Å². The van der Waals surface area contributed by atoms with E-state index in [1.54, 1.807) is 0 Å². The average molecular weight is 879 g/mol. The predicted octanol–water partition coefficient (Wildman–Crippen LogP) is 17.4. The summed E-state index contributed by atoms with van der Waals surface area (Å²) in [4.78, 5) is 38.0. The highest BCUT2D eigenvalue weighted by Crippen LogP contribution is 2.14. The number of hydrogen-bond acceptors (Lipinski definition) is 6. The molecule has 6 heteroatoms.